The maximum absolute atomic E-state index is 5.47. The van der Waals surface area contributed by atoms with Gasteiger partial charge in [0.15, 0.2) is 0 Å². The Balaban J connectivity index is 2.68. The van der Waals surface area contributed by atoms with Crippen molar-refractivity contribution in [2.45, 2.75) is 6.92 Å². The molecule has 0 aliphatic carbocycles. The van der Waals surface area contributed by atoms with Crippen LogP contribution in [-0.2, 0) is 0 Å². The molecule has 0 radical (unpaired) electrons. The molecule has 3 nitrogen and oxygen atoms in total. The molecule has 0 saturated carbocycles. The Labute approximate surface area is 81.2 Å². The van der Waals surface area contributed by atoms with Crippen LogP contribution in [0.3, 0.4) is 0 Å². The summed E-state index contributed by atoms with van der Waals surface area (Å²) >= 11 is 4.84. The van der Waals surface area contributed by atoms with Gasteiger partial charge in [-0.05, 0) is 24.6 Å². The minimum atomic E-state index is 0.335. The summed E-state index contributed by atoms with van der Waals surface area (Å²) in [5.41, 5.74) is 8.19. The molecule has 0 fully saturated rings. The van der Waals surface area contributed by atoms with Crippen LogP contribution in [0.15, 0.2) is 24.5 Å². The topological polar surface area (TPSA) is 43.3 Å². The number of hydrogen-bond acceptors (Lipinski definition) is 2. The van der Waals surface area contributed by atoms with Crippen molar-refractivity contribution in [3.8, 4) is 0 Å². The van der Waals surface area contributed by atoms with Crippen LogP contribution < -0.4 is 5.73 Å². The van der Waals surface area contributed by atoms with E-state index >= 15 is 0 Å². The maximum Gasteiger partial charge on any atom is 0.137 e. The van der Waals surface area contributed by atoms with E-state index in [1.165, 1.54) is 5.56 Å². The van der Waals surface area contributed by atoms with Gasteiger partial charge in [-0.3, -0.25) is 0 Å². The first-order chi connectivity index (χ1) is 6.16. The van der Waals surface area contributed by atoms with Gasteiger partial charge in [0.25, 0.3) is 0 Å². The molecule has 2 aromatic rings. The smallest absolute Gasteiger partial charge is 0.137 e. The zero-order valence-corrected chi connectivity index (χ0v) is 8.01. The molecule has 2 N–H and O–H groups in total. The van der Waals surface area contributed by atoms with Gasteiger partial charge in [-0.2, -0.15) is 0 Å². The average Bonchev–Trinajstić information content (AvgIpc) is 2.46. The number of thiocarbonyl (C=S) groups is 1. The number of nitrogens with zero attached hydrogens (tertiary/aromatic N) is 2. The van der Waals surface area contributed by atoms with E-state index in [2.05, 4.69) is 4.98 Å². The number of hydrogen-bond donors (Lipinski definition) is 1. The highest BCUT2D eigenvalue weighted by molar-refractivity contribution is 7.80. The predicted octanol–water partition coefficient (Wildman–Crippen LogP) is 1.28. The number of imidazole rings is 1. The zero-order valence-electron chi connectivity index (χ0n) is 7.19. The molecule has 0 aliphatic rings. The lowest BCUT2D eigenvalue weighted by Gasteiger charge is -1.92. The lowest BCUT2D eigenvalue weighted by atomic mass is 10.3. The van der Waals surface area contributed by atoms with Gasteiger partial charge < -0.3 is 10.1 Å². The van der Waals surface area contributed by atoms with Crippen LogP contribution in [0.4, 0.5) is 0 Å². The molecular weight excluding hydrogens is 182 g/mol. The first kappa shape index (κ1) is 8.19. The molecule has 4 heteroatoms. The third-order valence-corrected chi connectivity index (χ3v) is 2.08. The summed E-state index contributed by atoms with van der Waals surface area (Å²) in [6.45, 7) is 2.02. The van der Waals surface area contributed by atoms with Crippen LogP contribution in [0, 0.1) is 6.92 Å². The van der Waals surface area contributed by atoms with E-state index in [9.17, 15) is 0 Å². The zero-order chi connectivity index (χ0) is 9.42. The van der Waals surface area contributed by atoms with Gasteiger partial charge in [-0.1, -0.05) is 12.2 Å². The Morgan fingerprint density at radius 2 is 2.38 bits per heavy atom. The van der Waals surface area contributed by atoms with Crippen LogP contribution in [0.2, 0.25) is 0 Å². The van der Waals surface area contributed by atoms with Crippen molar-refractivity contribution in [3.05, 3.63) is 35.8 Å². The van der Waals surface area contributed by atoms with Gasteiger partial charge in [0.2, 0.25) is 0 Å². The molecule has 66 valence electrons. The lowest BCUT2D eigenvalue weighted by molar-refractivity contribution is 1.17. The van der Waals surface area contributed by atoms with Gasteiger partial charge in [-0.25, -0.2) is 4.98 Å². The number of aromatic nitrogens is 2. The van der Waals surface area contributed by atoms with E-state index in [0.29, 0.717) is 10.7 Å². The van der Waals surface area contributed by atoms with Gasteiger partial charge in [0.1, 0.15) is 16.3 Å². The van der Waals surface area contributed by atoms with Crippen LogP contribution >= 0.6 is 12.2 Å². The molecule has 0 aromatic carbocycles. The van der Waals surface area contributed by atoms with E-state index in [1.54, 1.807) is 0 Å². The van der Waals surface area contributed by atoms with Crippen molar-refractivity contribution in [3.63, 3.8) is 0 Å². The Hall–Kier alpha value is -1.42. The predicted molar refractivity (Wildman–Crippen MR) is 55.8 cm³/mol. The van der Waals surface area contributed by atoms with Gasteiger partial charge in [-0.15, -0.1) is 0 Å². The molecular formula is C9H9N3S. The second kappa shape index (κ2) is 2.81. The fourth-order valence-electron chi connectivity index (χ4n) is 1.20. The maximum atomic E-state index is 5.47. The number of nitrogens with two attached hydrogens (primary N) is 1. The highest BCUT2D eigenvalue weighted by Gasteiger charge is 2.02. The molecule has 2 rings (SSSR count). The van der Waals surface area contributed by atoms with Crippen molar-refractivity contribution in [1.82, 2.24) is 9.38 Å². The van der Waals surface area contributed by atoms with E-state index in [0.717, 1.165) is 5.65 Å². The van der Waals surface area contributed by atoms with Gasteiger partial charge in [0.05, 0.1) is 0 Å². The average molecular weight is 191 g/mol. The van der Waals surface area contributed by atoms with Crippen molar-refractivity contribution in [1.29, 1.82) is 0 Å². The van der Waals surface area contributed by atoms with E-state index in [-0.39, 0.29) is 0 Å². The third kappa shape index (κ3) is 1.40. The first-order valence-electron chi connectivity index (χ1n) is 3.92. The van der Waals surface area contributed by atoms with E-state index in [1.807, 2.05) is 35.9 Å². The summed E-state index contributed by atoms with van der Waals surface area (Å²) in [4.78, 5) is 4.60. The number of pyridine rings is 1. The monoisotopic (exact) mass is 191 g/mol. The minimum absolute atomic E-state index is 0.335. The molecule has 0 saturated heterocycles. The Morgan fingerprint density at radius 3 is 3.08 bits per heavy atom. The normalized spacial score (nSPS) is 10.5. The Kier molecular flexibility index (Phi) is 1.77. The Morgan fingerprint density at radius 1 is 1.62 bits per heavy atom. The molecule has 0 bridgehead atoms. The highest BCUT2D eigenvalue weighted by Crippen LogP contribution is 2.07. The summed E-state index contributed by atoms with van der Waals surface area (Å²) < 4.78 is 1.90. The highest BCUT2D eigenvalue weighted by atomic mass is 32.1. The summed E-state index contributed by atoms with van der Waals surface area (Å²) in [7, 11) is 0. The second-order valence-electron chi connectivity index (χ2n) is 2.96. The Bertz CT molecular complexity index is 473. The molecule has 0 atom stereocenters. The number of fused-ring (bicyclic) bond motifs is 1. The minimum Gasteiger partial charge on any atom is -0.388 e. The van der Waals surface area contributed by atoms with Crippen molar-refractivity contribution in [2.24, 2.45) is 5.73 Å². The van der Waals surface area contributed by atoms with Crippen LogP contribution in [0.25, 0.3) is 5.65 Å². The second-order valence-corrected chi connectivity index (χ2v) is 3.40. The fraction of sp³-hybridized carbons (Fsp3) is 0.111. The van der Waals surface area contributed by atoms with Crippen LogP contribution in [0.5, 0.6) is 0 Å². The number of aryl methyl sites for hydroxylation is 1. The third-order valence-electron chi connectivity index (χ3n) is 1.87. The van der Waals surface area contributed by atoms with Crippen molar-refractivity contribution < 1.29 is 0 Å². The molecule has 2 heterocycles. The van der Waals surface area contributed by atoms with Gasteiger partial charge in [0, 0.05) is 12.4 Å². The summed E-state index contributed by atoms with van der Waals surface area (Å²) in [5.74, 6) is 0. The molecule has 2 aromatic heterocycles. The van der Waals surface area contributed by atoms with E-state index < -0.39 is 0 Å². The largest absolute Gasteiger partial charge is 0.388 e. The molecule has 0 amide bonds. The van der Waals surface area contributed by atoms with Crippen LogP contribution in [-0.4, -0.2) is 14.4 Å². The number of rotatable bonds is 1. The molecule has 13 heavy (non-hydrogen) atoms. The van der Waals surface area contributed by atoms with Gasteiger partial charge >= 0.3 is 0 Å². The molecule has 0 aliphatic heterocycles. The van der Waals surface area contributed by atoms with Crippen molar-refractivity contribution >= 4 is 22.9 Å². The summed E-state index contributed by atoms with van der Waals surface area (Å²) in [6, 6.07) is 4.00. The fourth-order valence-corrected chi connectivity index (χ4v) is 1.30. The van der Waals surface area contributed by atoms with Crippen LogP contribution in [0.1, 0.15) is 11.3 Å². The first-order valence-corrected chi connectivity index (χ1v) is 4.33. The SMILES string of the molecule is Cc1ccn2cc(C(N)=S)nc2c1. The quantitative estimate of drug-likeness (QED) is 0.690. The molecule has 0 spiro atoms. The van der Waals surface area contributed by atoms with Crippen molar-refractivity contribution in [2.75, 3.05) is 0 Å². The standard InChI is InChI=1S/C9H9N3S/c1-6-2-3-12-5-7(9(10)13)11-8(12)4-6/h2-5H,1H3,(H2,10,13). The molecule has 0 unspecified atom stereocenters. The summed E-state index contributed by atoms with van der Waals surface area (Å²) in [5, 5.41) is 0. The van der Waals surface area contributed by atoms with E-state index in [4.69, 9.17) is 18.0 Å². The summed E-state index contributed by atoms with van der Waals surface area (Å²) in [6.07, 6.45) is 3.77. The lowest BCUT2D eigenvalue weighted by Crippen LogP contribution is -2.09.